The zero-order valence-electron chi connectivity index (χ0n) is 12.0. The van der Waals surface area contributed by atoms with Gasteiger partial charge in [0.1, 0.15) is 5.75 Å². The molecule has 2 aromatic rings. The van der Waals surface area contributed by atoms with E-state index >= 15 is 0 Å². The van der Waals surface area contributed by atoms with E-state index in [-0.39, 0.29) is 16.0 Å². The van der Waals surface area contributed by atoms with Crippen LogP contribution in [0.25, 0.3) is 0 Å². The Morgan fingerprint density at radius 2 is 1.95 bits per heavy atom. The third-order valence-electron chi connectivity index (χ3n) is 3.11. The van der Waals surface area contributed by atoms with Gasteiger partial charge in [-0.15, -0.1) is 0 Å². The van der Waals surface area contributed by atoms with Gasteiger partial charge in [0.15, 0.2) is 0 Å². The molecule has 0 aliphatic rings. The summed E-state index contributed by atoms with van der Waals surface area (Å²) >= 11 is 9.36. The largest absolute Gasteiger partial charge is 0.495 e. The van der Waals surface area contributed by atoms with Crippen LogP contribution in [0.5, 0.6) is 5.75 Å². The van der Waals surface area contributed by atoms with Gasteiger partial charge in [-0.05, 0) is 42.8 Å². The first-order chi connectivity index (χ1) is 10.3. The fourth-order valence-electron chi connectivity index (χ4n) is 1.96. The average molecular weight is 405 g/mol. The van der Waals surface area contributed by atoms with Crippen LogP contribution >= 0.6 is 27.5 Å². The van der Waals surface area contributed by atoms with Crippen molar-refractivity contribution in [1.82, 2.24) is 4.72 Å². The van der Waals surface area contributed by atoms with Crippen LogP contribution < -0.4 is 9.46 Å². The number of benzene rings is 2. The molecule has 22 heavy (non-hydrogen) atoms. The molecule has 4 nitrogen and oxygen atoms in total. The Balaban J connectivity index is 2.25. The van der Waals surface area contributed by atoms with Crippen LogP contribution in [0, 0.1) is 0 Å². The molecule has 1 unspecified atom stereocenters. The Morgan fingerprint density at radius 3 is 2.55 bits per heavy atom. The Bertz CT molecular complexity index is 780. The van der Waals surface area contributed by atoms with Gasteiger partial charge in [0, 0.05) is 10.5 Å². The minimum Gasteiger partial charge on any atom is -0.495 e. The normalized spacial score (nSPS) is 12.9. The average Bonchev–Trinajstić information content (AvgIpc) is 2.46. The zero-order valence-corrected chi connectivity index (χ0v) is 15.2. The fraction of sp³-hybridized carbons (Fsp3) is 0.200. The highest BCUT2D eigenvalue weighted by Gasteiger charge is 2.19. The van der Waals surface area contributed by atoms with Crippen molar-refractivity contribution < 1.29 is 13.2 Å². The number of methoxy groups -OCH3 is 1. The van der Waals surface area contributed by atoms with Crippen molar-refractivity contribution in [1.29, 1.82) is 0 Å². The van der Waals surface area contributed by atoms with Gasteiger partial charge in [-0.2, -0.15) is 0 Å². The second-order valence-electron chi connectivity index (χ2n) is 4.69. The van der Waals surface area contributed by atoms with Gasteiger partial charge in [-0.3, -0.25) is 0 Å². The van der Waals surface area contributed by atoms with E-state index in [9.17, 15) is 8.42 Å². The van der Waals surface area contributed by atoms with Crippen LogP contribution in [0.1, 0.15) is 18.5 Å². The van der Waals surface area contributed by atoms with Crippen molar-refractivity contribution in [2.75, 3.05) is 7.11 Å². The molecule has 0 radical (unpaired) electrons. The summed E-state index contributed by atoms with van der Waals surface area (Å²) in [5, 5.41) is 0.250. The minimum absolute atomic E-state index is 0.0974. The summed E-state index contributed by atoms with van der Waals surface area (Å²) in [5.74, 6) is 0.431. The van der Waals surface area contributed by atoms with Crippen LogP contribution in [-0.2, 0) is 10.0 Å². The second kappa shape index (κ2) is 7.00. The molecule has 118 valence electrons. The van der Waals surface area contributed by atoms with E-state index in [4.69, 9.17) is 16.3 Å². The molecule has 0 saturated carbocycles. The van der Waals surface area contributed by atoms with E-state index in [1.807, 2.05) is 24.3 Å². The van der Waals surface area contributed by atoms with Gasteiger partial charge in [-0.25, -0.2) is 13.1 Å². The van der Waals surface area contributed by atoms with E-state index in [1.54, 1.807) is 6.92 Å². The topological polar surface area (TPSA) is 55.4 Å². The maximum atomic E-state index is 12.4. The standard InChI is InChI=1S/C15H15BrClNO3S/c1-10(11-4-3-5-12(16)8-11)18-22(19,20)13-6-7-15(21-2)14(17)9-13/h3-10,18H,1-2H3. The maximum Gasteiger partial charge on any atom is 0.241 e. The minimum atomic E-state index is -3.67. The van der Waals surface area contributed by atoms with E-state index in [0.29, 0.717) is 5.75 Å². The molecule has 7 heteroatoms. The van der Waals surface area contributed by atoms with Crippen molar-refractivity contribution >= 4 is 37.6 Å². The number of rotatable bonds is 5. The Labute approximate surface area is 143 Å². The Kier molecular flexibility index (Phi) is 5.50. The van der Waals surface area contributed by atoms with Crippen LogP contribution in [0.15, 0.2) is 51.8 Å². The lowest BCUT2D eigenvalue weighted by Crippen LogP contribution is -2.26. The van der Waals surface area contributed by atoms with Crippen molar-refractivity contribution in [3.05, 3.63) is 57.5 Å². The number of halogens is 2. The molecule has 0 spiro atoms. The fourth-order valence-corrected chi connectivity index (χ4v) is 3.96. The molecule has 0 fully saturated rings. The summed E-state index contributed by atoms with van der Waals surface area (Å²) < 4.78 is 33.4. The van der Waals surface area contributed by atoms with E-state index < -0.39 is 10.0 Å². The lowest BCUT2D eigenvalue weighted by molar-refractivity contribution is 0.414. The van der Waals surface area contributed by atoms with Gasteiger partial charge in [0.25, 0.3) is 0 Å². The lowest BCUT2D eigenvalue weighted by Gasteiger charge is -2.15. The van der Waals surface area contributed by atoms with Crippen LogP contribution in [-0.4, -0.2) is 15.5 Å². The number of ether oxygens (including phenoxy) is 1. The van der Waals surface area contributed by atoms with Gasteiger partial charge in [-0.1, -0.05) is 39.7 Å². The van der Waals surface area contributed by atoms with Crippen LogP contribution in [0.3, 0.4) is 0 Å². The SMILES string of the molecule is COc1ccc(S(=O)(=O)NC(C)c2cccc(Br)c2)cc1Cl. The predicted octanol–water partition coefficient (Wildman–Crippen LogP) is 4.15. The smallest absolute Gasteiger partial charge is 0.241 e. The summed E-state index contributed by atoms with van der Waals surface area (Å²) in [6.45, 7) is 1.78. The highest BCUT2D eigenvalue weighted by Crippen LogP contribution is 2.28. The highest BCUT2D eigenvalue weighted by atomic mass is 79.9. The number of sulfonamides is 1. The number of hydrogen-bond acceptors (Lipinski definition) is 3. The molecule has 0 saturated heterocycles. The summed E-state index contributed by atoms with van der Waals surface area (Å²) in [4.78, 5) is 0.0974. The van der Waals surface area contributed by atoms with Crippen molar-refractivity contribution in [2.24, 2.45) is 0 Å². The second-order valence-corrected chi connectivity index (χ2v) is 7.73. The van der Waals surface area contributed by atoms with E-state index in [0.717, 1.165) is 10.0 Å². The number of nitrogens with one attached hydrogen (secondary N) is 1. The molecule has 0 aromatic heterocycles. The van der Waals surface area contributed by atoms with Crippen molar-refractivity contribution in [2.45, 2.75) is 17.9 Å². The molecule has 0 aliphatic heterocycles. The van der Waals surface area contributed by atoms with Gasteiger partial charge < -0.3 is 4.74 Å². The maximum absolute atomic E-state index is 12.4. The molecular weight excluding hydrogens is 390 g/mol. The molecule has 0 aliphatic carbocycles. The van der Waals surface area contributed by atoms with E-state index in [2.05, 4.69) is 20.7 Å². The highest BCUT2D eigenvalue weighted by molar-refractivity contribution is 9.10. The first-order valence-corrected chi connectivity index (χ1v) is 9.10. The zero-order chi connectivity index (χ0) is 16.3. The molecule has 1 atom stereocenters. The quantitative estimate of drug-likeness (QED) is 0.814. The van der Waals surface area contributed by atoms with Gasteiger partial charge in [0.2, 0.25) is 10.0 Å². The van der Waals surface area contributed by atoms with Gasteiger partial charge in [0.05, 0.1) is 17.0 Å². The first kappa shape index (κ1) is 17.3. The Morgan fingerprint density at radius 1 is 1.23 bits per heavy atom. The van der Waals surface area contributed by atoms with E-state index in [1.165, 1.54) is 25.3 Å². The summed E-state index contributed by atoms with van der Waals surface area (Å²) in [6, 6.07) is 11.5. The van der Waals surface area contributed by atoms with Crippen molar-refractivity contribution in [3.63, 3.8) is 0 Å². The lowest BCUT2D eigenvalue weighted by atomic mass is 10.1. The molecule has 1 N–H and O–H groups in total. The first-order valence-electron chi connectivity index (χ1n) is 6.45. The Hall–Kier alpha value is -1.08. The monoisotopic (exact) mass is 403 g/mol. The molecule has 2 rings (SSSR count). The third-order valence-corrected chi connectivity index (χ3v) is 5.44. The summed E-state index contributed by atoms with van der Waals surface area (Å²) in [5.41, 5.74) is 0.859. The van der Waals surface area contributed by atoms with Gasteiger partial charge >= 0.3 is 0 Å². The summed E-state index contributed by atoms with van der Waals surface area (Å²) in [6.07, 6.45) is 0. The molecule has 0 amide bonds. The third kappa shape index (κ3) is 4.01. The number of hydrogen-bond donors (Lipinski definition) is 1. The molecule has 0 bridgehead atoms. The molecule has 0 heterocycles. The predicted molar refractivity (Wildman–Crippen MR) is 90.9 cm³/mol. The van der Waals surface area contributed by atoms with Crippen LogP contribution in [0.2, 0.25) is 5.02 Å². The van der Waals surface area contributed by atoms with Crippen LogP contribution in [0.4, 0.5) is 0 Å². The molecular formula is C15H15BrClNO3S. The molecule has 2 aromatic carbocycles. The summed E-state index contributed by atoms with van der Waals surface area (Å²) in [7, 11) is -2.20. The van der Waals surface area contributed by atoms with Crippen molar-refractivity contribution in [3.8, 4) is 5.75 Å².